The molecule has 1 amide bonds. The van der Waals surface area contributed by atoms with Crippen molar-refractivity contribution in [2.45, 2.75) is 13.5 Å². The third-order valence-corrected chi connectivity index (χ3v) is 3.68. The smallest absolute Gasteiger partial charge is 0.273 e. The molecule has 0 aromatic carbocycles. The van der Waals surface area contributed by atoms with Crippen molar-refractivity contribution in [2.75, 3.05) is 0 Å². The number of nitrogens with one attached hydrogen (secondary N) is 1. The van der Waals surface area contributed by atoms with E-state index in [1.165, 1.54) is 17.7 Å². The first kappa shape index (κ1) is 13.4. The fraction of sp³-hybridized carbons (Fsp3) is 0.143. The van der Waals surface area contributed by atoms with Crippen molar-refractivity contribution in [3.05, 3.63) is 53.1 Å². The molecule has 1 N–H and O–H groups in total. The summed E-state index contributed by atoms with van der Waals surface area (Å²) in [7, 11) is 0. The number of amides is 1. The van der Waals surface area contributed by atoms with Crippen LogP contribution in [0.5, 0.6) is 0 Å². The number of nitrogens with zero attached hydrogens (tertiary/aromatic N) is 3. The van der Waals surface area contributed by atoms with Gasteiger partial charge in [0.1, 0.15) is 6.33 Å². The zero-order valence-corrected chi connectivity index (χ0v) is 12.1. The molecule has 0 aliphatic carbocycles. The second kappa shape index (κ2) is 5.84. The number of carbonyl (C=O) groups is 1. The van der Waals surface area contributed by atoms with E-state index >= 15 is 0 Å². The molecule has 0 radical (unpaired) electrons. The Kier molecular flexibility index (Phi) is 3.74. The van der Waals surface area contributed by atoms with Crippen molar-refractivity contribution in [1.29, 1.82) is 0 Å². The van der Waals surface area contributed by atoms with E-state index in [0.29, 0.717) is 12.3 Å². The van der Waals surface area contributed by atoms with Gasteiger partial charge in [0, 0.05) is 11.8 Å². The van der Waals surface area contributed by atoms with Crippen LogP contribution in [0.25, 0.3) is 10.6 Å². The molecule has 7 heteroatoms. The van der Waals surface area contributed by atoms with E-state index in [9.17, 15) is 4.79 Å². The number of thiophene rings is 1. The normalized spacial score (nSPS) is 10.5. The SMILES string of the molecule is Cc1cc(CNC(=O)c2cc(-c3cccs3)on2)ncn1. The Morgan fingerprint density at radius 3 is 3.05 bits per heavy atom. The lowest BCUT2D eigenvalue weighted by Crippen LogP contribution is -2.23. The van der Waals surface area contributed by atoms with Gasteiger partial charge in [-0.15, -0.1) is 11.3 Å². The van der Waals surface area contributed by atoms with Crippen LogP contribution < -0.4 is 5.32 Å². The number of hydrogen-bond donors (Lipinski definition) is 1. The van der Waals surface area contributed by atoms with Gasteiger partial charge in [-0.25, -0.2) is 9.97 Å². The summed E-state index contributed by atoms with van der Waals surface area (Å²) in [5, 5.41) is 8.48. The summed E-state index contributed by atoms with van der Waals surface area (Å²) in [6.07, 6.45) is 1.47. The number of hydrogen-bond acceptors (Lipinski definition) is 6. The minimum atomic E-state index is -0.294. The fourth-order valence-corrected chi connectivity index (χ4v) is 2.46. The summed E-state index contributed by atoms with van der Waals surface area (Å²) in [5.74, 6) is 0.297. The lowest BCUT2D eigenvalue weighted by molar-refractivity contribution is 0.0941. The van der Waals surface area contributed by atoms with E-state index in [-0.39, 0.29) is 11.6 Å². The topological polar surface area (TPSA) is 80.9 Å². The Bertz CT molecular complexity index is 752. The summed E-state index contributed by atoms with van der Waals surface area (Å²) >= 11 is 1.53. The molecule has 0 aliphatic heterocycles. The third-order valence-electron chi connectivity index (χ3n) is 2.80. The van der Waals surface area contributed by atoms with Crippen molar-refractivity contribution < 1.29 is 9.32 Å². The van der Waals surface area contributed by atoms with Crippen LogP contribution in [0.3, 0.4) is 0 Å². The predicted octanol–water partition coefficient (Wildman–Crippen LogP) is 2.43. The van der Waals surface area contributed by atoms with E-state index in [2.05, 4.69) is 20.4 Å². The summed E-state index contributed by atoms with van der Waals surface area (Å²) < 4.78 is 5.18. The summed E-state index contributed by atoms with van der Waals surface area (Å²) in [4.78, 5) is 21.0. The van der Waals surface area contributed by atoms with Crippen molar-refractivity contribution in [1.82, 2.24) is 20.4 Å². The fourth-order valence-electron chi connectivity index (χ4n) is 1.78. The highest BCUT2D eigenvalue weighted by molar-refractivity contribution is 7.13. The van der Waals surface area contributed by atoms with Gasteiger partial charge in [-0.1, -0.05) is 11.2 Å². The first-order valence-electron chi connectivity index (χ1n) is 6.29. The Labute approximate surface area is 124 Å². The van der Waals surface area contributed by atoms with Gasteiger partial charge in [-0.3, -0.25) is 4.79 Å². The van der Waals surface area contributed by atoms with E-state index in [4.69, 9.17) is 4.52 Å². The maximum Gasteiger partial charge on any atom is 0.273 e. The van der Waals surface area contributed by atoms with Crippen LogP contribution in [0.2, 0.25) is 0 Å². The van der Waals surface area contributed by atoms with Crippen LogP contribution in [-0.4, -0.2) is 21.0 Å². The van der Waals surface area contributed by atoms with Gasteiger partial charge in [0.05, 0.1) is 17.1 Å². The molecule has 6 nitrogen and oxygen atoms in total. The summed E-state index contributed by atoms with van der Waals surface area (Å²) in [6.45, 7) is 2.20. The molecule has 0 unspecified atom stereocenters. The Morgan fingerprint density at radius 1 is 1.38 bits per heavy atom. The molecule has 0 atom stereocenters. The molecule has 0 spiro atoms. The summed E-state index contributed by atoms with van der Waals surface area (Å²) in [5.41, 5.74) is 1.86. The van der Waals surface area contributed by atoms with Gasteiger partial charge >= 0.3 is 0 Å². The molecular formula is C14H12N4O2S. The molecule has 3 aromatic heterocycles. The van der Waals surface area contributed by atoms with Gasteiger partial charge in [0.15, 0.2) is 11.5 Å². The molecular weight excluding hydrogens is 288 g/mol. The second-order valence-electron chi connectivity index (χ2n) is 4.39. The monoisotopic (exact) mass is 300 g/mol. The lowest BCUT2D eigenvalue weighted by Gasteiger charge is -2.02. The Morgan fingerprint density at radius 2 is 2.29 bits per heavy atom. The minimum absolute atomic E-state index is 0.254. The average Bonchev–Trinajstić information content (AvgIpc) is 3.15. The van der Waals surface area contributed by atoms with Crippen LogP contribution in [-0.2, 0) is 6.54 Å². The van der Waals surface area contributed by atoms with E-state index < -0.39 is 0 Å². The molecule has 3 aromatic rings. The number of carbonyl (C=O) groups excluding carboxylic acids is 1. The molecule has 3 rings (SSSR count). The average molecular weight is 300 g/mol. The zero-order chi connectivity index (χ0) is 14.7. The van der Waals surface area contributed by atoms with Crippen LogP contribution >= 0.6 is 11.3 Å². The van der Waals surface area contributed by atoms with Crippen molar-refractivity contribution >= 4 is 17.2 Å². The maximum absolute atomic E-state index is 12.0. The molecule has 0 aliphatic rings. The number of rotatable bonds is 4. The Hall–Kier alpha value is -2.54. The molecule has 3 heterocycles. The molecule has 0 saturated carbocycles. The molecule has 0 bridgehead atoms. The highest BCUT2D eigenvalue weighted by Crippen LogP contribution is 2.24. The van der Waals surface area contributed by atoms with Gasteiger partial charge < -0.3 is 9.84 Å². The van der Waals surface area contributed by atoms with Gasteiger partial charge in [0.2, 0.25) is 0 Å². The standard InChI is InChI=1S/C14H12N4O2S/c1-9-5-10(17-8-16-9)7-15-14(19)11-6-12(20-18-11)13-3-2-4-21-13/h2-6,8H,7H2,1H3,(H,15,19). The van der Waals surface area contributed by atoms with E-state index in [0.717, 1.165) is 16.3 Å². The van der Waals surface area contributed by atoms with Crippen LogP contribution in [0.15, 0.2) is 40.5 Å². The first-order chi connectivity index (χ1) is 10.2. The molecule has 106 valence electrons. The zero-order valence-electron chi connectivity index (χ0n) is 11.2. The first-order valence-corrected chi connectivity index (χ1v) is 7.16. The predicted molar refractivity (Wildman–Crippen MR) is 77.8 cm³/mol. The Balaban J connectivity index is 1.66. The van der Waals surface area contributed by atoms with E-state index in [1.807, 2.05) is 30.5 Å². The third kappa shape index (κ3) is 3.14. The molecule has 0 fully saturated rings. The van der Waals surface area contributed by atoms with Crippen molar-refractivity contribution in [3.8, 4) is 10.6 Å². The van der Waals surface area contributed by atoms with Gasteiger partial charge in [-0.2, -0.15) is 0 Å². The van der Waals surface area contributed by atoms with E-state index in [1.54, 1.807) is 6.07 Å². The highest BCUT2D eigenvalue weighted by Gasteiger charge is 2.14. The highest BCUT2D eigenvalue weighted by atomic mass is 32.1. The van der Waals surface area contributed by atoms with Crippen LogP contribution in [0.1, 0.15) is 21.9 Å². The lowest BCUT2D eigenvalue weighted by atomic mass is 10.3. The van der Waals surface area contributed by atoms with Gasteiger partial charge in [0.25, 0.3) is 5.91 Å². The molecule has 21 heavy (non-hydrogen) atoms. The van der Waals surface area contributed by atoms with Crippen molar-refractivity contribution in [2.24, 2.45) is 0 Å². The number of aromatic nitrogens is 3. The molecule has 0 saturated heterocycles. The second-order valence-corrected chi connectivity index (χ2v) is 5.33. The minimum Gasteiger partial charge on any atom is -0.355 e. The van der Waals surface area contributed by atoms with Gasteiger partial charge in [-0.05, 0) is 24.4 Å². The maximum atomic E-state index is 12.0. The number of aryl methyl sites for hydroxylation is 1. The van der Waals surface area contributed by atoms with Crippen molar-refractivity contribution in [3.63, 3.8) is 0 Å². The van der Waals surface area contributed by atoms with Crippen LogP contribution in [0, 0.1) is 6.92 Å². The quantitative estimate of drug-likeness (QED) is 0.800. The summed E-state index contributed by atoms with van der Waals surface area (Å²) in [6, 6.07) is 7.28. The largest absolute Gasteiger partial charge is 0.355 e. The van der Waals surface area contributed by atoms with Crippen LogP contribution in [0.4, 0.5) is 0 Å².